The molecule has 0 aromatic carbocycles. The molecule has 4 heteroatoms. The van der Waals surface area contributed by atoms with Gasteiger partial charge in [0.25, 0.3) is 0 Å². The molecule has 0 unspecified atom stereocenters. The highest BCUT2D eigenvalue weighted by molar-refractivity contribution is 7.99. The SMILES string of the molecule is O=C(CSCCCO)NC1CCCCC1. The van der Waals surface area contributed by atoms with Crippen LogP contribution in [0.2, 0.25) is 0 Å². The molecule has 1 aliphatic carbocycles. The number of aliphatic hydroxyl groups is 1. The van der Waals surface area contributed by atoms with E-state index in [1.54, 1.807) is 11.8 Å². The van der Waals surface area contributed by atoms with Crippen LogP contribution in [0.3, 0.4) is 0 Å². The van der Waals surface area contributed by atoms with Crippen LogP contribution in [0.4, 0.5) is 0 Å². The summed E-state index contributed by atoms with van der Waals surface area (Å²) < 4.78 is 0. The second-order valence-electron chi connectivity index (χ2n) is 4.03. The van der Waals surface area contributed by atoms with Crippen molar-refractivity contribution in [2.45, 2.75) is 44.6 Å². The van der Waals surface area contributed by atoms with E-state index in [1.807, 2.05) is 0 Å². The molecule has 0 radical (unpaired) electrons. The highest BCUT2D eigenvalue weighted by Gasteiger charge is 2.15. The lowest BCUT2D eigenvalue weighted by atomic mass is 9.95. The van der Waals surface area contributed by atoms with Crippen molar-refractivity contribution in [2.24, 2.45) is 0 Å². The van der Waals surface area contributed by atoms with Gasteiger partial charge in [-0.1, -0.05) is 19.3 Å². The molecular weight excluding hydrogens is 210 g/mol. The van der Waals surface area contributed by atoms with Crippen LogP contribution in [0.1, 0.15) is 38.5 Å². The Bertz CT molecular complexity index is 181. The fourth-order valence-corrected chi connectivity index (χ4v) is 2.59. The molecule has 1 amide bonds. The molecule has 0 aromatic heterocycles. The number of amides is 1. The molecular formula is C11H21NO2S. The summed E-state index contributed by atoms with van der Waals surface area (Å²) in [6, 6.07) is 0.421. The van der Waals surface area contributed by atoms with Gasteiger partial charge in [-0.2, -0.15) is 11.8 Å². The normalized spacial score (nSPS) is 17.7. The number of aliphatic hydroxyl groups excluding tert-OH is 1. The maximum absolute atomic E-state index is 11.5. The Morgan fingerprint density at radius 2 is 2.07 bits per heavy atom. The third kappa shape index (κ3) is 6.05. The number of hydrogen-bond acceptors (Lipinski definition) is 3. The first-order chi connectivity index (χ1) is 7.33. The number of thioether (sulfide) groups is 1. The molecule has 88 valence electrons. The maximum atomic E-state index is 11.5. The Kier molecular flexibility index (Phi) is 6.85. The molecule has 0 spiro atoms. The van der Waals surface area contributed by atoms with Crippen LogP contribution in [0.5, 0.6) is 0 Å². The largest absolute Gasteiger partial charge is 0.396 e. The topological polar surface area (TPSA) is 49.3 Å². The van der Waals surface area contributed by atoms with Crippen molar-refractivity contribution in [1.29, 1.82) is 0 Å². The molecule has 3 nitrogen and oxygen atoms in total. The lowest BCUT2D eigenvalue weighted by Crippen LogP contribution is -2.37. The summed E-state index contributed by atoms with van der Waals surface area (Å²) in [6.45, 7) is 0.219. The molecule has 1 aliphatic rings. The van der Waals surface area contributed by atoms with E-state index in [4.69, 9.17) is 5.11 Å². The fraction of sp³-hybridized carbons (Fsp3) is 0.909. The predicted octanol–water partition coefficient (Wildman–Crippen LogP) is 1.55. The Labute approximate surface area is 96.0 Å². The van der Waals surface area contributed by atoms with Crippen LogP contribution < -0.4 is 5.32 Å². The highest BCUT2D eigenvalue weighted by Crippen LogP contribution is 2.17. The molecule has 0 aliphatic heterocycles. The molecule has 0 atom stereocenters. The van der Waals surface area contributed by atoms with E-state index in [1.165, 1.54) is 19.3 Å². The van der Waals surface area contributed by atoms with Gasteiger partial charge in [0.15, 0.2) is 0 Å². The zero-order valence-corrected chi connectivity index (χ0v) is 10.0. The Balaban J connectivity index is 2.01. The van der Waals surface area contributed by atoms with Crippen molar-refractivity contribution in [2.75, 3.05) is 18.1 Å². The lowest BCUT2D eigenvalue weighted by molar-refractivity contribution is -0.119. The predicted molar refractivity (Wildman–Crippen MR) is 64.0 cm³/mol. The van der Waals surface area contributed by atoms with Crippen molar-refractivity contribution in [3.63, 3.8) is 0 Å². The van der Waals surface area contributed by atoms with E-state index in [9.17, 15) is 4.79 Å². The van der Waals surface area contributed by atoms with E-state index in [0.29, 0.717) is 11.8 Å². The minimum atomic E-state index is 0.157. The number of nitrogens with one attached hydrogen (secondary N) is 1. The van der Waals surface area contributed by atoms with Gasteiger partial charge in [-0.3, -0.25) is 4.79 Å². The minimum Gasteiger partial charge on any atom is -0.396 e. The summed E-state index contributed by atoms with van der Waals surface area (Å²) in [7, 11) is 0. The average molecular weight is 231 g/mol. The Morgan fingerprint density at radius 3 is 2.73 bits per heavy atom. The van der Waals surface area contributed by atoms with Crippen molar-refractivity contribution in [1.82, 2.24) is 5.32 Å². The van der Waals surface area contributed by atoms with E-state index >= 15 is 0 Å². The number of hydrogen-bond donors (Lipinski definition) is 2. The van der Waals surface area contributed by atoms with E-state index < -0.39 is 0 Å². The molecule has 0 aromatic rings. The van der Waals surface area contributed by atoms with Crippen molar-refractivity contribution < 1.29 is 9.90 Å². The average Bonchev–Trinajstić information content (AvgIpc) is 2.26. The van der Waals surface area contributed by atoms with Gasteiger partial charge in [-0.25, -0.2) is 0 Å². The van der Waals surface area contributed by atoms with Crippen LogP contribution in [0.15, 0.2) is 0 Å². The van der Waals surface area contributed by atoms with Crippen molar-refractivity contribution in [3.05, 3.63) is 0 Å². The maximum Gasteiger partial charge on any atom is 0.230 e. The number of rotatable bonds is 6. The Morgan fingerprint density at radius 1 is 1.33 bits per heavy atom. The van der Waals surface area contributed by atoms with Crippen LogP contribution >= 0.6 is 11.8 Å². The second-order valence-corrected chi connectivity index (χ2v) is 5.14. The summed E-state index contributed by atoms with van der Waals surface area (Å²) >= 11 is 1.60. The summed E-state index contributed by atoms with van der Waals surface area (Å²) in [5.74, 6) is 1.57. The van der Waals surface area contributed by atoms with E-state index in [0.717, 1.165) is 25.0 Å². The molecule has 0 bridgehead atoms. The van der Waals surface area contributed by atoms with Crippen LogP contribution in [-0.2, 0) is 4.79 Å². The van der Waals surface area contributed by atoms with Gasteiger partial charge in [-0.05, 0) is 25.0 Å². The molecule has 1 saturated carbocycles. The van der Waals surface area contributed by atoms with E-state index in [2.05, 4.69) is 5.32 Å². The third-order valence-electron chi connectivity index (χ3n) is 2.65. The first-order valence-electron chi connectivity index (χ1n) is 5.81. The van der Waals surface area contributed by atoms with Gasteiger partial charge in [-0.15, -0.1) is 0 Å². The number of carbonyl (C=O) groups is 1. The fourth-order valence-electron chi connectivity index (χ4n) is 1.85. The van der Waals surface area contributed by atoms with E-state index in [-0.39, 0.29) is 12.5 Å². The third-order valence-corrected chi connectivity index (χ3v) is 3.69. The van der Waals surface area contributed by atoms with Crippen molar-refractivity contribution >= 4 is 17.7 Å². The first-order valence-corrected chi connectivity index (χ1v) is 6.96. The van der Waals surface area contributed by atoms with Crippen LogP contribution in [0.25, 0.3) is 0 Å². The Hall–Kier alpha value is -0.220. The highest BCUT2D eigenvalue weighted by atomic mass is 32.2. The standard InChI is InChI=1S/C11H21NO2S/c13-7-4-8-15-9-11(14)12-10-5-2-1-3-6-10/h10,13H,1-9H2,(H,12,14). The van der Waals surface area contributed by atoms with Crippen molar-refractivity contribution in [3.8, 4) is 0 Å². The van der Waals surface area contributed by atoms with Gasteiger partial charge in [0.2, 0.25) is 5.91 Å². The second kappa shape index (κ2) is 7.99. The summed E-state index contributed by atoms with van der Waals surface area (Å²) in [6.07, 6.45) is 6.89. The zero-order valence-electron chi connectivity index (χ0n) is 9.21. The molecule has 15 heavy (non-hydrogen) atoms. The van der Waals surface area contributed by atoms with Crippen LogP contribution in [0, 0.1) is 0 Å². The minimum absolute atomic E-state index is 0.157. The molecule has 2 N–H and O–H groups in total. The molecule has 0 heterocycles. The van der Waals surface area contributed by atoms with Gasteiger partial charge in [0.05, 0.1) is 5.75 Å². The summed E-state index contributed by atoms with van der Waals surface area (Å²) in [5.41, 5.74) is 0. The summed E-state index contributed by atoms with van der Waals surface area (Å²) in [5, 5.41) is 11.7. The van der Waals surface area contributed by atoms with Gasteiger partial charge >= 0.3 is 0 Å². The van der Waals surface area contributed by atoms with Gasteiger partial charge < -0.3 is 10.4 Å². The molecule has 1 rings (SSSR count). The monoisotopic (exact) mass is 231 g/mol. The zero-order chi connectivity index (χ0) is 10.9. The lowest BCUT2D eigenvalue weighted by Gasteiger charge is -2.22. The van der Waals surface area contributed by atoms with Gasteiger partial charge in [0.1, 0.15) is 0 Å². The molecule has 1 fully saturated rings. The summed E-state index contributed by atoms with van der Waals surface area (Å²) in [4.78, 5) is 11.5. The van der Waals surface area contributed by atoms with Gasteiger partial charge in [0, 0.05) is 12.6 Å². The van der Waals surface area contributed by atoms with Crippen LogP contribution in [-0.4, -0.2) is 35.2 Å². The quantitative estimate of drug-likeness (QED) is 0.682. The smallest absolute Gasteiger partial charge is 0.230 e. The molecule has 0 saturated heterocycles. The number of carbonyl (C=O) groups excluding carboxylic acids is 1. The first kappa shape index (κ1) is 12.8.